The summed E-state index contributed by atoms with van der Waals surface area (Å²) in [6.07, 6.45) is 6.71. The van der Waals surface area contributed by atoms with Crippen molar-refractivity contribution in [3.63, 3.8) is 0 Å². The minimum atomic E-state index is -3.03. The summed E-state index contributed by atoms with van der Waals surface area (Å²) in [5, 5.41) is -0.331. The summed E-state index contributed by atoms with van der Waals surface area (Å²) >= 11 is 0. The van der Waals surface area contributed by atoms with Crippen LogP contribution in [-0.4, -0.2) is 55.6 Å². The van der Waals surface area contributed by atoms with E-state index in [9.17, 15) is 8.42 Å². The molecule has 0 spiro atoms. The number of anilines is 1. The lowest BCUT2D eigenvalue weighted by Gasteiger charge is -2.35. The van der Waals surface area contributed by atoms with Gasteiger partial charge in [0.05, 0.1) is 5.25 Å². The van der Waals surface area contributed by atoms with Gasteiger partial charge in [-0.3, -0.25) is 10.9 Å². The summed E-state index contributed by atoms with van der Waals surface area (Å²) in [7, 11) is -3.03. The van der Waals surface area contributed by atoms with Gasteiger partial charge in [-0.25, -0.2) is 18.4 Å². The van der Waals surface area contributed by atoms with Gasteiger partial charge < -0.3 is 4.90 Å². The second kappa shape index (κ2) is 5.86. The summed E-state index contributed by atoms with van der Waals surface area (Å²) in [5.41, 5.74) is 6.16. The van der Waals surface area contributed by atoms with Crippen LogP contribution >= 0.6 is 0 Å². The molecule has 0 amide bonds. The largest absolute Gasteiger partial charge is 0.341 e. The zero-order valence-electron chi connectivity index (χ0n) is 12.1. The zero-order valence-corrected chi connectivity index (χ0v) is 12.9. The maximum absolute atomic E-state index is 11.9. The first-order valence-electron chi connectivity index (χ1n) is 7.25. The van der Waals surface area contributed by atoms with Crippen molar-refractivity contribution in [2.24, 2.45) is 5.92 Å². The van der Waals surface area contributed by atoms with E-state index in [1.165, 1.54) is 6.26 Å². The smallest absolute Gasteiger partial charge is 0.225 e. The van der Waals surface area contributed by atoms with Crippen LogP contribution < -0.4 is 15.8 Å². The van der Waals surface area contributed by atoms with Crippen molar-refractivity contribution in [1.82, 2.24) is 20.8 Å². The molecule has 0 aliphatic carbocycles. The lowest BCUT2D eigenvalue weighted by atomic mass is 9.88. The number of rotatable bonds is 3. The fraction of sp³-hybridized carbons (Fsp3) is 0.692. The average Bonchev–Trinajstić information content (AvgIpc) is 2.98. The molecule has 2 fully saturated rings. The monoisotopic (exact) mass is 311 g/mol. The van der Waals surface area contributed by atoms with E-state index < -0.39 is 9.84 Å². The molecule has 3 rings (SSSR count). The van der Waals surface area contributed by atoms with Gasteiger partial charge in [0, 0.05) is 44.3 Å². The van der Waals surface area contributed by atoms with Crippen LogP contribution in [-0.2, 0) is 9.84 Å². The number of hydrogen-bond donors (Lipinski definition) is 2. The first-order valence-corrected chi connectivity index (χ1v) is 9.20. The van der Waals surface area contributed by atoms with Crippen molar-refractivity contribution in [2.45, 2.75) is 24.1 Å². The Morgan fingerprint density at radius 3 is 2.52 bits per heavy atom. The quantitative estimate of drug-likeness (QED) is 0.784. The molecule has 7 nitrogen and oxygen atoms in total. The van der Waals surface area contributed by atoms with Crippen LogP contribution in [0.15, 0.2) is 18.5 Å². The predicted octanol–water partition coefficient (Wildman–Crippen LogP) is -0.417. The highest BCUT2D eigenvalue weighted by atomic mass is 32.2. The first-order chi connectivity index (χ1) is 10.1. The highest BCUT2D eigenvalue weighted by molar-refractivity contribution is 7.91. The molecule has 0 radical (unpaired) electrons. The highest BCUT2D eigenvalue weighted by Crippen LogP contribution is 2.27. The van der Waals surface area contributed by atoms with Gasteiger partial charge in [0.15, 0.2) is 9.84 Å². The van der Waals surface area contributed by atoms with E-state index >= 15 is 0 Å². The van der Waals surface area contributed by atoms with Gasteiger partial charge in [-0.2, -0.15) is 0 Å². The number of sulfone groups is 1. The molecule has 0 bridgehead atoms. The van der Waals surface area contributed by atoms with Crippen LogP contribution in [0.4, 0.5) is 5.95 Å². The third-order valence-electron chi connectivity index (χ3n) is 4.40. The molecule has 2 aliphatic heterocycles. The van der Waals surface area contributed by atoms with E-state index in [0.717, 1.165) is 31.9 Å². The molecular formula is C13H21N5O2S. The third kappa shape index (κ3) is 3.17. The van der Waals surface area contributed by atoms with Crippen LogP contribution in [0.25, 0.3) is 0 Å². The van der Waals surface area contributed by atoms with E-state index in [4.69, 9.17) is 0 Å². The van der Waals surface area contributed by atoms with Gasteiger partial charge in [-0.15, -0.1) is 0 Å². The molecule has 2 aliphatic rings. The van der Waals surface area contributed by atoms with Crippen LogP contribution in [0.1, 0.15) is 12.8 Å². The van der Waals surface area contributed by atoms with Crippen molar-refractivity contribution < 1.29 is 8.42 Å². The Morgan fingerprint density at radius 2 is 1.90 bits per heavy atom. The van der Waals surface area contributed by atoms with Gasteiger partial charge >= 0.3 is 0 Å². The molecule has 8 heteroatoms. The Kier molecular flexibility index (Phi) is 4.10. The number of hydrogen-bond acceptors (Lipinski definition) is 7. The Hall–Kier alpha value is -1.25. The van der Waals surface area contributed by atoms with Gasteiger partial charge in [0.25, 0.3) is 0 Å². The van der Waals surface area contributed by atoms with Gasteiger partial charge in [-0.05, 0) is 24.8 Å². The van der Waals surface area contributed by atoms with Crippen molar-refractivity contribution in [1.29, 1.82) is 0 Å². The molecule has 3 heterocycles. The second-order valence-corrected chi connectivity index (χ2v) is 8.06. The van der Waals surface area contributed by atoms with Crippen LogP contribution in [0.2, 0.25) is 0 Å². The molecule has 0 saturated carbocycles. The Bertz CT molecular complexity index is 571. The maximum atomic E-state index is 11.9. The normalized spacial score (nSPS) is 28.0. The summed E-state index contributed by atoms with van der Waals surface area (Å²) in [6.45, 7) is 2.22. The summed E-state index contributed by atoms with van der Waals surface area (Å²) in [5.74, 6) is 1.12. The minimum absolute atomic E-state index is 0.00107. The summed E-state index contributed by atoms with van der Waals surface area (Å²) < 4.78 is 23.7. The minimum Gasteiger partial charge on any atom is -0.341 e. The molecule has 2 saturated heterocycles. The van der Waals surface area contributed by atoms with Crippen molar-refractivity contribution in [2.75, 3.05) is 30.8 Å². The Balaban J connectivity index is 1.63. The molecule has 2 N–H and O–H groups in total. The number of piperidine rings is 1. The van der Waals surface area contributed by atoms with E-state index in [1.54, 1.807) is 18.5 Å². The van der Waals surface area contributed by atoms with Gasteiger partial charge in [-0.1, -0.05) is 0 Å². The molecule has 21 heavy (non-hydrogen) atoms. The first kappa shape index (κ1) is 14.7. The topological polar surface area (TPSA) is 87.2 Å². The number of hydrazine groups is 1. The fourth-order valence-electron chi connectivity index (χ4n) is 3.25. The molecule has 2 atom stereocenters. The highest BCUT2D eigenvalue weighted by Gasteiger charge is 2.40. The van der Waals surface area contributed by atoms with Crippen molar-refractivity contribution in [3.05, 3.63) is 18.5 Å². The fourth-order valence-corrected chi connectivity index (χ4v) is 4.46. The van der Waals surface area contributed by atoms with E-state index in [0.29, 0.717) is 12.5 Å². The Morgan fingerprint density at radius 1 is 1.24 bits per heavy atom. The van der Waals surface area contributed by atoms with Crippen molar-refractivity contribution >= 4 is 15.8 Å². The van der Waals surface area contributed by atoms with Gasteiger partial charge in [0.2, 0.25) is 5.95 Å². The number of aromatic nitrogens is 2. The third-order valence-corrected chi connectivity index (χ3v) is 5.96. The standard InChI is InChI=1S/C13H21N5O2S/c1-21(19,20)11-9-16-17-12(11)10-3-7-18(8-4-10)13-14-5-2-6-15-13/h2,5-6,10-12,16-17H,3-4,7-9H2,1H3. The Labute approximate surface area is 125 Å². The number of nitrogens with one attached hydrogen (secondary N) is 2. The molecule has 2 unspecified atom stereocenters. The average molecular weight is 311 g/mol. The van der Waals surface area contributed by atoms with E-state index in [-0.39, 0.29) is 11.3 Å². The predicted molar refractivity (Wildman–Crippen MR) is 80.5 cm³/mol. The zero-order chi connectivity index (χ0) is 14.9. The van der Waals surface area contributed by atoms with Crippen LogP contribution in [0.3, 0.4) is 0 Å². The van der Waals surface area contributed by atoms with Crippen LogP contribution in [0, 0.1) is 5.92 Å². The van der Waals surface area contributed by atoms with Crippen LogP contribution in [0.5, 0.6) is 0 Å². The SMILES string of the molecule is CS(=O)(=O)C1CNNC1C1CCN(c2ncccn2)CC1. The molecule has 0 aromatic carbocycles. The lowest BCUT2D eigenvalue weighted by molar-refractivity contribution is 0.310. The van der Waals surface area contributed by atoms with E-state index in [1.807, 2.05) is 0 Å². The van der Waals surface area contributed by atoms with Gasteiger partial charge in [0.1, 0.15) is 0 Å². The van der Waals surface area contributed by atoms with E-state index in [2.05, 4.69) is 25.7 Å². The molecule has 116 valence electrons. The molecular weight excluding hydrogens is 290 g/mol. The molecule has 1 aromatic rings. The molecule has 1 aromatic heterocycles. The second-order valence-electron chi connectivity index (χ2n) is 5.79. The lowest BCUT2D eigenvalue weighted by Crippen LogP contribution is -2.48. The number of nitrogens with zero attached hydrogens (tertiary/aromatic N) is 3. The maximum Gasteiger partial charge on any atom is 0.225 e. The van der Waals surface area contributed by atoms with Crippen molar-refractivity contribution in [3.8, 4) is 0 Å². The summed E-state index contributed by atoms with van der Waals surface area (Å²) in [6, 6.07) is 1.81. The summed E-state index contributed by atoms with van der Waals surface area (Å²) in [4.78, 5) is 10.7.